The van der Waals surface area contributed by atoms with Gasteiger partial charge in [-0.3, -0.25) is 9.78 Å². The van der Waals surface area contributed by atoms with Gasteiger partial charge >= 0.3 is 5.97 Å². The normalized spacial score (nSPS) is 10.8. The molecule has 0 aliphatic heterocycles. The number of halogens is 3. The summed E-state index contributed by atoms with van der Waals surface area (Å²) in [5.74, 6) is -1.20. The van der Waals surface area contributed by atoms with Crippen LogP contribution in [0.4, 0.5) is 14.5 Å². The Morgan fingerprint density at radius 1 is 1.62 bits per heavy atom. The quantitative estimate of drug-likeness (QED) is 0.834. The molecule has 0 aromatic carbocycles. The largest absolute Gasteiger partial charge is 0.481 e. The molecule has 0 aliphatic rings. The lowest BCUT2D eigenvalue weighted by Gasteiger charge is -2.12. The zero-order valence-electron chi connectivity index (χ0n) is 8.08. The monoisotopic (exact) mass is 294 g/mol. The van der Waals surface area contributed by atoms with Gasteiger partial charge in [0, 0.05) is 17.1 Å². The van der Waals surface area contributed by atoms with Crippen LogP contribution in [0.2, 0.25) is 0 Å². The first-order valence-corrected chi connectivity index (χ1v) is 5.41. The summed E-state index contributed by atoms with van der Waals surface area (Å²) in [6.07, 6.45) is -2.20. The van der Waals surface area contributed by atoms with Crippen molar-refractivity contribution < 1.29 is 18.7 Å². The average Bonchev–Trinajstić information content (AvgIpc) is 2.16. The zero-order valence-corrected chi connectivity index (χ0v) is 9.67. The van der Waals surface area contributed by atoms with Gasteiger partial charge in [0.25, 0.3) is 6.43 Å². The Kier molecular flexibility index (Phi) is 4.17. The standard InChI is InChI=1S/C9H9BrF2N2O2/c10-2-5-8(13)7(9(11)12)4(3-14-5)1-6(15)16/h3,9H,1-2,13H2,(H,15,16). The molecule has 0 bridgehead atoms. The number of rotatable bonds is 4. The number of nitrogens with two attached hydrogens (primary N) is 1. The van der Waals surface area contributed by atoms with Crippen LogP contribution in [0, 0.1) is 0 Å². The van der Waals surface area contributed by atoms with Gasteiger partial charge in [-0.15, -0.1) is 0 Å². The number of carbonyl (C=O) groups is 1. The van der Waals surface area contributed by atoms with Crippen LogP contribution in [0.25, 0.3) is 0 Å². The van der Waals surface area contributed by atoms with Crippen LogP contribution in [-0.4, -0.2) is 16.1 Å². The Morgan fingerprint density at radius 3 is 2.69 bits per heavy atom. The van der Waals surface area contributed by atoms with Crippen molar-refractivity contribution in [3.63, 3.8) is 0 Å². The maximum Gasteiger partial charge on any atom is 0.307 e. The predicted octanol–water partition coefficient (Wildman–Crippen LogP) is 2.12. The highest BCUT2D eigenvalue weighted by molar-refractivity contribution is 9.08. The fraction of sp³-hybridized carbons (Fsp3) is 0.333. The number of anilines is 1. The highest BCUT2D eigenvalue weighted by Crippen LogP contribution is 2.31. The van der Waals surface area contributed by atoms with Crippen molar-refractivity contribution in [2.24, 2.45) is 0 Å². The van der Waals surface area contributed by atoms with Crippen molar-refractivity contribution in [1.82, 2.24) is 4.98 Å². The van der Waals surface area contributed by atoms with Crippen LogP contribution in [0.3, 0.4) is 0 Å². The minimum atomic E-state index is -2.81. The SMILES string of the molecule is Nc1c(CBr)ncc(CC(=O)O)c1C(F)F. The highest BCUT2D eigenvalue weighted by Gasteiger charge is 2.21. The highest BCUT2D eigenvalue weighted by atomic mass is 79.9. The van der Waals surface area contributed by atoms with E-state index in [1.807, 2.05) is 0 Å². The average molecular weight is 295 g/mol. The van der Waals surface area contributed by atoms with E-state index >= 15 is 0 Å². The van der Waals surface area contributed by atoms with Crippen molar-refractivity contribution >= 4 is 27.6 Å². The third-order valence-electron chi connectivity index (χ3n) is 2.01. The van der Waals surface area contributed by atoms with Crippen LogP contribution < -0.4 is 5.73 Å². The molecule has 88 valence electrons. The smallest absolute Gasteiger partial charge is 0.307 e. The molecule has 1 aromatic heterocycles. The van der Waals surface area contributed by atoms with Gasteiger partial charge in [-0.05, 0) is 5.56 Å². The second kappa shape index (κ2) is 5.20. The second-order valence-electron chi connectivity index (χ2n) is 3.06. The summed E-state index contributed by atoms with van der Waals surface area (Å²) in [6, 6.07) is 0. The summed E-state index contributed by atoms with van der Waals surface area (Å²) >= 11 is 3.06. The van der Waals surface area contributed by atoms with E-state index in [0.29, 0.717) is 0 Å². The van der Waals surface area contributed by atoms with E-state index in [2.05, 4.69) is 20.9 Å². The van der Waals surface area contributed by atoms with Crippen molar-refractivity contribution in [2.75, 3.05) is 5.73 Å². The molecule has 16 heavy (non-hydrogen) atoms. The second-order valence-corrected chi connectivity index (χ2v) is 3.62. The first-order chi connectivity index (χ1) is 7.47. The van der Waals surface area contributed by atoms with Crippen LogP contribution in [0.5, 0.6) is 0 Å². The molecule has 1 aromatic rings. The van der Waals surface area contributed by atoms with Gasteiger partial charge in [-0.1, -0.05) is 15.9 Å². The lowest BCUT2D eigenvalue weighted by molar-refractivity contribution is -0.136. The van der Waals surface area contributed by atoms with Crippen molar-refractivity contribution in [3.8, 4) is 0 Å². The van der Waals surface area contributed by atoms with Gasteiger partial charge in [0.2, 0.25) is 0 Å². The molecule has 0 saturated carbocycles. The molecule has 0 amide bonds. The Hall–Kier alpha value is -1.24. The third kappa shape index (κ3) is 2.66. The topological polar surface area (TPSA) is 76.2 Å². The number of hydrogen-bond acceptors (Lipinski definition) is 3. The van der Waals surface area contributed by atoms with Gasteiger partial charge in [-0.25, -0.2) is 8.78 Å². The fourth-order valence-electron chi connectivity index (χ4n) is 1.29. The van der Waals surface area contributed by atoms with Crippen LogP contribution in [0.1, 0.15) is 23.2 Å². The van der Waals surface area contributed by atoms with Gasteiger partial charge < -0.3 is 10.8 Å². The summed E-state index contributed by atoms with van der Waals surface area (Å²) in [5, 5.41) is 8.81. The van der Waals surface area contributed by atoms with Crippen LogP contribution in [-0.2, 0) is 16.5 Å². The molecule has 0 fully saturated rings. The molecule has 0 atom stereocenters. The number of pyridine rings is 1. The fourth-order valence-corrected chi connectivity index (χ4v) is 1.74. The molecule has 0 spiro atoms. The lowest BCUT2D eigenvalue weighted by Crippen LogP contribution is -2.10. The van der Waals surface area contributed by atoms with Gasteiger partial charge in [0.1, 0.15) is 0 Å². The minimum Gasteiger partial charge on any atom is -0.481 e. The zero-order chi connectivity index (χ0) is 12.3. The van der Waals surface area contributed by atoms with Crippen LogP contribution in [0.15, 0.2) is 6.20 Å². The molecule has 0 aliphatic carbocycles. The molecule has 0 unspecified atom stereocenters. The number of aromatic nitrogens is 1. The van der Waals surface area contributed by atoms with Gasteiger partial charge in [-0.2, -0.15) is 0 Å². The van der Waals surface area contributed by atoms with Crippen molar-refractivity contribution in [2.45, 2.75) is 18.2 Å². The predicted molar refractivity (Wildman–Crippen MR) is 57.6 cm³/mol. The Bertz CT molecular complexity index is 413. The Labute approximate surface area is 98.6 Å². The molecule has 1 rings (SSSR count). The number of carboxylic acids is 1. The maximum absolute atomic E-state index is 12.7. The van der Waals surface area contributed by atoms with E-state index in [0.717, 1.165) is 6.20 Å². The number of carboxylic acid groups (broad SMARTS) is 1. The summed E-state index contributed by atoms with van der Waals surface area (Å²) in [7, 11) is 0. The summed E-state index contributed by atoms with van der Waals surface area (Å²) in [5.41, 5.74) is 5.15. The van der Waals surface area contributed by atoms with E-state index in [1.54, 1.807) is 0 Å². The summed E-state index contributed by atoms with van der Waals surface area (Å²) in [6.45, 7) is 0. The number of aliphatic carboxylic acids is 1. The number of nitrogens with zero attached hydrogens (tertiary/aromatic N) is 1. The molecule has 3 N–H and O–H groups in total. The van der Waals surface area contributed by atoms with Gasteiger partial charge in [0.05, 0.1) is 17.8 Å². The first-order valence-electron chi connectivity index (χ1n) is 4.29. The van der Waals surface area contributed by atoms with E-state index in [4.69, 9.17) is 10.8 Å². The van der Waals surface area contributed by atoms with E-state index < -0.39 is 24.4 Å². The Morgan fingerprint density at radius 2 is 2.25 bits per heavy atom. The van der Waals surface area contributed by atoms with E-state index in [9.17, 15) is 13.6 Å². The number of hydrogen-bond donors (Lipinski definition) is 2. The maximum atomic E-state index is 12.7. The molecule has 0 radical (unpaired) electrons. The molecule has 7 heteroatoms. The first kappa shape index (κ1) is 12.8. The third-order valence-corrected chi connectivity index (χ3v) is 2.54. The van der Waals surface area contributed by atoms with E-state index in [1.165, 1.54) is 0 Å². The molecule has 1 heterocycles. The van der Waals surface area contributed by atoms with Crippen LogP contribution >= 0.6 is 15.9 Å². The van der Waals surface area contributed by atoms with Crippen molar-refractivity contribution in [3.05, 3.63) is 23.0 Å². The molecule has 4 nitrogen and oxygen atoms in total. The molecular weight excluding hydrogens is 286 g/mol. The lowest BCUT2D eigenvalue weighted by atomic mass is 10.0. The minimum absolute atomic E-state index is 0.0512. The number of alkyl halides is 3. The van der Waals surface area contributed by atoms with Gasteiger partial charge in [0.15, 0.2) is 0 Å². The molecular formula is C9H9BrF2N2O2. The number of nitrogen functional groups attached to an aromatic ring is 1. The summed E-state index contributed by atoms with van der Waals surface area (Å²) in [4.78, 5) is 14.3. The Balaban J connectivity index is 3.28. The summed E-state index contributed by atoms with van der Waals surface area (Å²) < 4.78 is 25.5. The van der Waals surface area contributed by atoms with E-state index in [-0.39, 0.29) is 22.3 Å². The molecule has 0 saturated heterocycles. The van der Waals surface area contributed by atoms with Crippen molar-refractivity contribution in [1.29, 1.82) is 0 Å².